The number of rotatable bonds is 9. The van der Waals surface area contributed by atoms with Crippen molar-refractivity contribution in [3.05, 3.63) is 51.1 Å². The summed E-state index contributed by atoms with van der Waals surface area (Å²) in [5, 5.41) is 9.89. The molecule has 0 aliphatic rings. The van der Waals surface area contributed by atoms with Crippen LogP contribution in [0.1, 0.15) is 35.7 Å². The molecule has 0 saturated heterocycles. The second kappa shape index (κ2) is 10.2. The van der Waals surface area contributed by atoms with Gasteiger partial charge in [-0.25, -0.2) is 0 Å². The number of ether oxygens (including phenoxy) is 3. The molecule has 2 aromatic carbocycles. The topological polar surface area (TPSA) is 65.0 Å². The Labute approximate surface area is 173 Å². The van der Waals surface area contributed by atoms with Crippen LogP contribution >= 0.6 is 22.6 Å². The Bertz CT molecular complexity index is 804. The third-order valence-electron chi connectivity index (χ3n) is 3.88. The molecule has 144 valence electrons. The lowest BCUT2D eigenvalue weighted by atomic mass is 10.1. The molecule has 0 bridgehead atoms. The number of carbonyl (C=O) groups excluding carboxylic acids is 1. The number of benzene rings is 2. The smallest absolute Gasteiger partial charge is 0.203 e. The summed E-state index contributed by atoms with van der Waals surface area (Å²) in [6.45, 7) is 2.66. The molecule has 0 spiro atoms. The van der Waals surface area contributed by atoms with Crippen LogP contribution < -0.4 is 14.2 Å². The zero-order chi connectivity index (χ0) is 19.8. The van der Waals surface area contributed by atoms with Crippen LogP contribution in [0.5, 0.6) is 23.0 Å². The van der Waals surface area contributed by atoms with Gasteiger partial charge in [0.15, 0.2) is 17.3 Å². The Kier molecular flexibility index (Phi) is 7.97. The molecule has 0 unspecified atom stereocenters. The summed E-state index contributed by atoms with van der Waals surface area (Å²) in [5.74, 6) is 1.30. The third kappa shape index (κ3) is 5.63. The van der Waals surface area contributed by atoms with E-state index < -0.39 is 0 Å². The van der Waals surface area contributed by atoms with Crippen LogP contribution in [-0.4, -0.2) is 31.7 Å². The van der Waals surface area contributed by atoms with E-state index in [-0.39, 0.29) is 17.1 Å². The van der Waals surface area contributed by atoms with Gasteiger partial charge in [-0.2, -0.15) is 0 Å². The first-order valence-corrected chi connectivity index (χ1v) is 9.67. The van der Waals surface area contributed by atoms with Crippen molar-refractivity contribution >= 4 is 34.5 Å². The van der Waals surface area contributed by atoms with Crippen molar-refractivity contribution in [2.75, 3.05) is 20.8 Å². The molecule has 2 rings (SSSR count). The molecule has 27 heavy (non-hydrogen) atoms. The van der Waals surface area contributed by atoms with Gasteiger partial charge in [0, 0.05) is 3.57 Å². The fourth-order valence-electron chi connectivity index (χ4n) is 2.42. The quantitative estimate of drug-likeness (QED) is 0.234. The third-order valence-corrected chi connectivity index (χ3v) is 4.55. The summed E-state index contributed by atoms with van der Waals surface area (Å²) in [7, 11) is 3.12. The first-order chi connectivity index (χ1) is 13.0. The van der Waals surface area contributed by atoms with Crippen molar-refractivity contribution in [2.24, 2.45) is 0 Å². The van der Waals surface area contributed by atoms with Gasteiger partial charge in [0.25, 0.3) is 0 Å². The summed E-state index contributed by atoms with van der Waals surface area (Å²) in [6.07, 6.45) is 5.03. The lowest BCUT2D eigenvalue weighted by Crippen LogP contribution is -2.01. The van der Waals surface area contributed by atoms with Crippen LogP contribution in [0.15, 0.2) is 36.4 Å². The molecule has 0 fully saturated rings. The molecule has 0 aromatic heterocycles. The number of halogens is 1. The second-order valence-electron chi connectivity index (χ2n) is 5.82. The van der Waals surface area contributed by atoms with Crippen molar-refractivity contribution in [3.8, 4) is 23.0 Å². The molecule has 2 aromatic rings. The Hall–Kier alpha value is -2.22. The highest BCUT2D eigenvalue weighted by atomic mass is 127. The van der Waals surface area contributed by atoms with Gasteiger partial charge in [-0.3, -0.25) is 4.79 Å². The van der Waals surface area contributed by atoms with Crippen LogP contribution in [-0.2, 0) is 0 Å². The summed E-state index contributed by atoms with van der Waals surface area (Å²) in [6, 6.07) is 8.46. The van der Waals surface area contributed by atoms with Gasteiger partial charge in [0.2, 0.25) is 5.75 Å². The molecule has 0 amide bonds. The number of ketones is 1. The normalized spacial score (nSPS) is 10.8. The van der Waals surface area contributed by atoms with Crippen LogP contribution in [0, 0.1) is 3.57 Å². The number of hydrogen-bond acceptors (Lipinski definition) is 5. The van der Waals surface area contributed by atoms with Gasteiger partial charge in [0.1, 0.15) is 5.75 Å². The van der Waals surface area contributed by atoms with E-state index in [0.29, 0.717) is 23.9 Å². The standard InChI is InChI=1S/C21H23IO5/c1-4-5-10-27-21-19(25-2)11-14(12-20(21)26-3)6-8-17(23)16-13-15(22)7-9-18(16)24/h6-9,11-13,24H,4-5,10H2,1-3H3/b8-6+. The van der Waals surface area contributed by atoms with Gasteiger partial charge < -0.3 is 19.3 Å². The van der Waals surface area contributed by atoms with E-state index in [2.05, 4.69) is 29.5 Å². The van der Waals surface area contributed by atoms with Gasteiger partial charge in [-0.05, 0) is 71.0 Å². The second-order valence-corrected chi connectivity index (χ2v) is 7.06. The summed E-state index contributed by atoms with van der Waals surface area (Å²) in [5.41, 5.74) is 0.988. The van der Waals surface area contributed by atoms with Crippen LogP contribution in [0.3, 0.4) is 0 Å². The van der Waals surface area contributed by atoms with Crippen LogP contribution in [0.25, 0.3) is 6.08 Å². The van der Waals surface area contributed by atoms with E-state index in [1.807, 2.05) is 0 Å². The Balaban J connectivity index is 2.28. The van der Waals surface area contributed by atoms with E-state index in [9.17, 15) is 9.90 Å². The van der Waals surface area contributed by atoms with E-state index in [1.165, 1.54) is 12.1 Å². The number of hydrogen-bond donors (Lipinski definition) is 1. The first kappa shape index (κ1) is 21.1. The number of phenolic OH excluding ortho intramolecular Hbond substituents is 1. The van der Waals surface area contributed by atoms with Crippen LogP contribution in [0.4, 0.5) is 0 Å². The maximum Gasteiger partial charge on any atom is 0.203 e. The minimum Gasteiger partial charge on any atom is -0.507 e. The summed E-state index contributed by atoms with van der Waals surface area (Å²) in [4.78, 5) is 12.4. The van der Waals surface area contributed by atoms with Crippen molar-refractivity contribution in [1.82, 2.24) is 0 Å². The molecule has 0 saturated carbocycles. The predicted molar refractivity (Wildman–Crippen MR) is 114 cm³/mol. The van der Waals surface area contributed by atoms with Crippen LogP contribution in [0.2, 0.25) is 0 Å². The first-order valence-electron chi connectivity index (χ1n) is 8.59. The minimum atomic E-state index is -0.285. The fraction of sp³-hybridized carbons (Fsp3) is 0.286. The number of allylic oxidation sites excluding steroid dienone is 1. The molecule has 5 nitrogen and oxygen atoms in total. The van der Waals surface area contributed by atoms with Gasteiger partial charge in [-0.15, -0.1) is 0 Å². The number of carbonyl (C=O) groups is 1. The molecule has 0 aliphatic carbocycles. The highest BCUT2D eigenvalue weighted by Crippen LogP contribution is 2.39. The number of unbranched alkanes of at least 4 members (excludes halogenated alkanes) is 1. The molecule has 0 heterocycles. The maximum absolute atomic E-state index is 12.4. The summed E-state index contributed by atoms with van der Waals surface area (Å²) >= 11 is 2.10. The van der Waals surface area contributed by atoms with E-state index in [1.54, 1.807) is 44.6 Å². The monoisotopic (exact) mass is 482 g/mol. The molecule has 0 atom stereocenters. The largest absolute Gasteiger partial charge is 0.507 e. The highest BCUT2D eigenvalue weighted by Gasteiger charge is 2.14. The van der Waals surface area contributed by atoms with Crippen molar-refractivity contribution < 1.29 is 24.1 Å². The predicted octanol–water partition coefficient (Wildman–Crippen LogP) is 5.09. The minimum absolute atomic E-state index is 0.0418. The Morgan fingerprint density at radius 2 is 1.81 bits per heavy atom. The zero-order valence-electron chi connectivity index (χ0n) is 15.6. The van der Waals surface area contributed by atoms with Gasteiger partial charge >= 0.3 is 0 Å². The number of phenols is 1. The average molecular weight is 482 g/mol. The molecular weight excluding hydrogens is 459 g/mol. The lowest BCUT2D eigenvalue weighted by molar-refractivity contribution is 0.104. The average Bonchev–Trinajstić information content (AvgIpc) is 2.68. The highest BCUT2D eigenvalue weighted by molar-refractivity contribution is 14.1. The van der Waals surface area contributed by atoms with Gasteiger partial charge in [-0.1, -0.05) is 19.4 Å². The Morgan fingerprint density at radius 3 is 2.41 bits per heavy atom. The maximum atomic E-state index is 12.4. The molecule has 6 heteroatoms. The zero-order valence-corrected chi connectivity index (χ0v) is 17.8. The number of methoxy groups -OCH3 is 2. The molecule has 0 aliphatic heterocycles. The van der Waals surface area contributed by atoms with E-state index in [4.69, 9.17) is 14.2 Å². The summed E-state index contributed by atoms with van der Waals surface area (Å²) < 4.78 is 17.5. The fourth-order valence-corrected chi connectivity index (χ4v) is 2.92. The van der Waals surface area contributed by atoms with Crippen molar-refractivity contribution in [3.63, 3.8) is 0 Å². The van der Waals surface area contributed by atoms with Crippen molar-refractivity contribution in [2.45, 2.75) is 19.8 Å². The molecule has 0 radical (unpaired) electrons. The van der Waals surface area contributed by atoms with Crippen molar-refractivity contribution in [1.29, 1.82) is 0 Å². The van der Waals surface area contributed by atoms with Gasteiger partial charge in [0.05, 0.1) is 26.4 Å². The van der Waals surface area contributed by atoms with E-state index in [0.717, 1.165) is 22.0 Å². The lowest BCUT2D eigenvalue weighted by Gasteiger charge is -2.15. The SMILES string of the molecule is CCCCOc1c(OC)cc(/C=C/C(=O)c2cc(I)ccc2O)cc1OC. The number of aromatic hydroxyl groups is 1. The molecular formula is C21H23IO5. The van der Waals surface area contributed by atoms with E-state index >= 15 is 0 Å². The Morgan fingerprint density at radius 1 is 1.15 bits per heavy atom. The molecule has 1 N–H and O–H groups in total.